The van der Waals surface area contributed by atoms with E-state index in [4.69, 9.17) is 0 Å². The molecule has 70 valence electrons. The SMILES string of the molecule is CCN1c2ncccc2CC1(C)C. The lowest BCUT2D eigenvalue weighted by atomic mass is 10.00. The average molecular weight is 176 g/mol. The van der Waals surface area contributed by atoms with Gasteiger partial charge in [0.1, 0.15) is 5.82 Å². The van der Waals surface area contributed by atoms with Crippen LogP contribution in [0.4, 0.5) is 5.82 Å². The Hall–Kier alpha value is -1.05. The van der Waals surface area contributed by atoms with Crippen LogP contribution in [-0.4, -0.2) is 17.1 Å². The standard InChI is InChI=1S/C11H16N2/c1-4-13-10-9(6-5-7-12-10)8-11(13,2)3/h5-7H,4,8H2,1-3H3. The molecule has 13 heavy (non-hydrogen) atoms. The third-order valence-corrected chi connectivity index (χ3v) is 2.79. The molecule has 0 unspecified atom stereocenters. The zero-order valence-corrected chi connectivity index (χ0v) is 8.54. The topological polar surface area (TPSA) is 16.1 Å². The first-order valence-electron chi connectivity index (χ1n) is 4.86. The lowest BCUT2D eigenvalue weighted by Gasteiger charge is -2.32. The second kappa shape index (κ2) is 2.72. The van der Waals surface area contributed by atoms with E-state index in [1.807, 2.05) is 12.3 Å². The zero-order chi connectivity index (χ0) is 9.47. The van der Waals surface area contributed by atoms with Crippen LogP contribution in [0.25, 0.3) is 0 Å². The van der Waals surface area contributed by atoms with Crippen LogP contribution in [-0.2, 0) is 6.42 Å². The van der Waals surface area contributed by atoms with E-state index in [0.717, 1.165) is 13.0 Å². The summed E-state index contributed by atoms with van der Waals surface area (Å²) in [4.78, 5) is 6.81. The molecular formula is C11H16N2. The minimum absolute atomic E-state index is 0.242. The first-order chi connectivity index (χ1) is 6.15. The van der Waals surface area contributed by atoms with Crippen molar-refractivity contribution < 1.29 is 0 Å². The summed E-state index contributed by atoms with van der Waals surface area (Å²) in [5.41, 5.74) is 1.63. The van der Waals surface area contributed by atoms with Gasteiger partial charge < -0.3 is 4.90 Å². The molecule has 0 radical (unpaired) electrons. The van der Waals surface area contributed by atoms with Gasteiger partial charge in [-0.3, -0.25) is 0 Å². The van der Waals surface area contributed by atoms with E-state index in [2.05, 4.69) is 36.7 Å². The summed E-state index contributed by atoms with van der Waals surface area (Å²) in [7, 11) is 0. The van der Waals surface area contributed by atoms with Crippen LogP contribution < -0.4 is 4.90 Å². The van der Waals surface area contributed by atoms with Gasteiger partial charge in [-0.15, -0.1) is 0 Å². The molecule has 1 aromatic heterocycles. The maximum absolute atomic E-state index is 4.43. The normalized spacial score (nSPS) is 18.8. The molecule has 0 fully saturated rings. The highest BCUT2D eigenvalue weighted by molar-refractivity contribution is 5.55. The van der Waals surface area contributed by atoms with Crippen LogP contribution >= 0.6 is 0 Å². The molecule has 2 nitrogen and oxygen atoms in total. The number of likely N-dealkylation sites (N-methyl/N-ethyl adjacent to an activating group) is 1. The molecule has 0 saturated heterocycles. The summed E-state index contributed by atoms with van der Waals surface area (Å²) in [5, 5.41) is 0. The molecule has 0 bridgehead atoms. The fraction of sp³-hybridized carbons (Fsp3) is 0.545. The first-order valence-corrected chi connectivity index (χ1v) is 4.86. The van der Waals surface area contributed by atoms with Crippen LogP contribution in [0.2, 0.25) is 0 Å². The van der Waals surface area contributed by atoms with E-state index in [-0.39, 0.29) is 5.54 Å². The molecule has 2 heteroatoms. The Morgan fingerprint density at radius 3 is 3.00 bits per heavy atom. The second-order valence-electron chi connectivity index (χ2n) is 4.22. The Bertz CT molecular complexity index is 318. The first kappa shape index (κ1) is 8.54. The summed E-state index contributed by atoms with van der Waals surface area (Å²) in [6.45, 7) is 7.78. The van der Waals surface area contributed by atoms with Gasteiger partial charge in [0, 0.05) is 18.3 Å². The summed E-state index contributed by atoms with van der Waals surface area (Å²) in [5.74, 6) is 1.18. The highest BCUT2D eigenvalue weighted by Crippen LogP contribution is 2.35. The Morgan fingerprint density at radius 1 is 1.54 bits per heavy atom. The number of aromatic nitrogens is 1. The van der Waals surface area contributed by atoms with Gasteiger partial charge in [-0.1, -0.05) is 6.07 Å². The van der Waals surface area contributed by atoms with E-state index in [1.54, 1.807) is 0 Å². The van der Waals surface area contributed by atoms with Crippen molar-refractivity contribution in [3.05, 3.63) is 23.9 Å². The lowest BCUT2D eigenvalue weighted by Crippen LogP contribution is -2.41. The van der Waals surface area contributed by atoms with Crippen molar-refractivity contribution in [1.29, 1.82) is 0 Å². The third-order valence-electron chi connectivity index (χ3n) is 2.79. The molecule has 0 saturated carbocycles. The van der Waals surface area contributed by atoms with Crippen molar-refractivity contribution in [1.82, 2.24) is 4.98 Å². The van der Waals surface area contributed by atoms with Gasteiger partial charge in [-0.2, -0.15) is 0 Å². The molecule has 1 aromatic rings. The monoisotopic (exact) mass is 176 g/mol. The van der Waals surface area contributed by atoms with Gasteiger partial charge in [0.15, 0.2) is 0 Å². The van der Waals surface area contributed by atoms with E-state index in [1.165, 1.54) is 11.4 Å². The van der Waals surface area contributed by atoms with Crippen molar-refractivity contribution in [2.45, 2.75) is 32.7 Å². The second-order valence-corrected chi connectivity index (χ2v) is 4.22. The van der Waals surface area contributed by atoms with Crippen LogP contribution in [0.3, 0.4) is 0 Å². The van der Waals surface area contributed by atoms with Crippen LogP contribution in [0.1, 0.15) is 26.3 Å². The van der Waals surface area contributed by atoms with Crippen molar-refractivity contribution >= 4 is 5.82 Å². The number of pyridine rings is 1. The molecule has 1 aliphatic heterocycles. The molecule has 0 amide bonds. The summed E-state index contributed by atoms with van der Waals surface area (Å²) in [6, 6.07) is 4.20. The maximum atomic E-state index is 4.43. The van der Waals surface area contributed by atoms with E-state index in [9.17, 15) is 0 Å². The number of fused-ring (bicyclic) bond motifs is 1. The maximum Gasteiger partial charge on any atom is 0.132 e. The largest absolute Gasteiger partial charge is 0.351 e. The quantitative estimate of drug-likeness (QED) is 0.652. The zero-order valence-electron chi connectivity index (χ0n) is 8.54. The predicted octanol–water partition coefficient (Wildman–Crippen LogP) is 2.24. The lowest BCUT2D eigenvalue weighted by molar-refractivity contribution is 0.493. The molecule has 0 spiro atoms. The van der Waals surface area contributed by atoms with Crippen LogP contribution in [0.15, 0.2) is 18.3 Å². The highest BCUT2D eigenvalue weighted by Gasteiger charge is 2.35. The molecular weight excluding hydrogens is 160 g/mol. The fourth-order valence-corrected chi connectivity index (χ4v) is 2.24. The minimum atomic E-state index is 0.242. The molecule has 2 heterocycles. The van der Waals surface area contributed by atoms with Gasteiger partial charge >= 0.3 is 0 Å². The van der Waals surface area contributed by atoms with Crippen molar-refractivity contribution in [3.63, 3.8) is 0 Å². The number of anilines is 1. The Morgan fingerprint density at radius 2 is 2.31 bits per heavy atom. The predicted molar refractivity (Wildman–Crippen MR) is 55.0 cm³/mol. The van der Waals surface area contributed by atoms with Crippen LogP contribution in [0.5, 0.6) is 0 Å². The van der Waals surface area contributed by atoms with Crippen LogP contribution in [0, 0.1) is 0 Å². The number of nitrogens with zero attached hydrogens (tertiary/aromatic N) is 2. The van der Waals surface area contributed by atoms with Crippen molar-refractivity contribution in [3.8, 4) is 0 Å². The summed E-state index contributed by atoms with van der Waals surface area (Å²) >= 11 is 0. The van der Waals surface area contributed by atoms with E-state index < -0.39 is 0 Å². The molecule has 0 N–H and O–H groups in total. The third kappa shape index (κ3) is 1.21. The molecule has 1 aliphatic rings. The Labute approximate surface area is 79.6 Å². The summed E-state index contributed by atoms with van der Waals surface area (Å²) < 4.78 is 0. The fourth-order valence-electron chi connectivity index (χ4n) is 2.24. The minimum Gasteiger partial charge on any atom is -0.351 e. The summed E-state index contributed by atoms with van der Waals surface area (Å²) in [6.07, 6.45) is 2.99. The van der Waals surface area contributed by atoms with Gasteiger partial charge in [-0.25, -0.2) is 4.98 Å². The Kier molecular flexibility index (Phi) is 1.79. The average Bonchev–Trinajstić information content (AvgIpc) is 2.33. The van der Waals surface area contributed by atoms with Crippen molar-refractivity contribution in [2.24, 2.45) is 0 Å². The number of hydrogen-bond acceptors (Lipinski definition) is 2. The number of hydrogen-bond donors (Lipinski definition) is 0. The van der Waals surface area contributed by atoms with E-state index >= 15 is 0 Å². The van der Waals surface area contributed by atoms with E-state index in [0.29, 0.717) is 0 Å². The van der Waals surface area contributed by atoms with Gasteiger partial charge in [-0.05, 0) is 38.8 Å². The molecule has 0 atom stereocenters. The Balaban J connectivity index is 2.46. The molecule has 0 aromatic carbocycles. The van der Waals surface area contributed by atoms with Crippen molar-refractivity contribution in [2.75, 3.05) is 11.4 Å². The van der Waals surface area contributed by atoms with Gasteiger partial charge in [0.2, 0.25) is 0 Å². The molecule has 0 aliphatic carbocycles. The van der Waals surface area contributed by atoms with Gasteiger partial charge in [0.25, 0.3) is 0 Å². The molecule has 2 rings (SSSR count). The smallest absolute Gasteiger partial charge is 0.132 e. The number of rotatable bonds is 1. The van der Waals surface area contributed by atoms with Gasteiger partial charge in [0.05, 0.1) is 0 Å². The highest BCUT2D eigenvalue weighted by atomic mass is 15.3.